The lowest BCUT2D eigenvalue weighted by Gasteiger charge is -2.12. The third-order valence-electron chi connectivity index (χ3n) is 3.72. The lowest BCUT2D eigenvalue weighted by atomic mass is 10.1. The van der Waals surface area contributed by atoms with Crippen LogP contribution in [0.15, 0.2) is 18.2 Å². The van der Waals surface area contributed by atoms with Gasteiger partial charge < -0.3 is 19.9 Å². The molecule has 0 radical (unpaired) electrons. The maximum atomic E-state index is 9.48. The van der Waals surface area contributed by atoms with E-state index in [4.69, 9.17) is 9.47 Å². The average molecular weight is 265 g/mol. The first kappa shape index (κ1) is 14.2. The van der Waals surface area contributed by atoms with Gasteiger partial charge in [-0.3, -0.25) is 0 Å². The van der Waals surface area contributed by atoms with Crippen LogP contribution in [0, 0.1) is 5.92 Å². The summed E-state index contributed by atoms with van der Waals surface area (Å²) >= 11 is 0. The molecule has 1 saturated carbocycles. The highest BCUT2D eigenvalue weighted by atomic mass is 16.5. The molecule has 19 heavy (non-hydrogen) atoms. The maximum absolute atomic E-state index is 9.48. The Hall–Kier alpha value is -1.26. The molecule has 0 aliphatic heterocycles. The fourth-order valence-electron chi connectivity index (χ4n) is 2.65. The highest BCUT2D eigenvalue weighted by Crippen LogP contribution is 2.28. The summed E-state index contributed by atoms with van der Waals surface area (Å²) in [5.41, 5.74) is 1.18. The van der Waals surface area contributed by atoms with Crippen molar-refractivity contribution in [2.24, 2.45) is 5.92 Å². The Balaban J connectivity index is 1.82. The van der Waals surface area contributed by atoms with Gasteiger partial charge in [-0.2, -0.15) is 0 Å². The van der Waals surface area contributed by atoms with E-state index >= 15 is 0 Å². The number of rotatable bonds is 6. The van der Waals surface area contributed by atoms with Crippen LogP contribution in [-0.2, 0) is 6.54 Å². The van der Waals surface area contributed by atoms with Gasteiger partial charge in [-0.05, 0) is 49.4 Å². The van der Waals surface area contributed by atoms with Gasteiger partial charge in [0.05, 0.1) is 20.3 Å². The van der Waals surface area contributed by atoms with Crippen LogP contribution in [0.25, 0.3) is 0 Å². The van der Waals surface area contributed by atoms with Gasteiger partial charge >= 0.3 is 0 Å². The van der Waals surface area contributed by atoms with E-state index in [1.807, 2.05) is 18.2 Å². The Labute approximate surface area is 114 Å². The molecule has 2 atom stereocenters. The Morgan fingerprint density at radius 2 is 2.00 bits per heavy atom. The molecule has 0 heterocycles. The number of hydrogen-bond donors (Lipinski definition) is 2. The van der Waals surface area contributed by atoms with E-state index in [1.54, 1.807) is 14.2 Å². The summed E-state index contributed by atoms with van der Waals surface area (Å²) in [5, 5.41) is 12.9. The van der Waals surface area contributed by atoms with Gasteiger partial charge in [0.2, 0.25) is 0 Å². The van der Waals surface area contributed by atoms with Crippen molar-refractivity contribution in [3.63, 3.8) is 0 Å². The predicted octanol–water partition coefficient (Wildman–Crippen LogP) is 1.95. The standard InChI is InChI=1S/C15H23NO3/c1-18-14-6-4-12(8-15(14)19-2)10-16-9-11-3-5-13(17)7-11/h4,6,8,11,13,16-17H,3,5,7,9-10H2,1-2H3. The zero-order valence-corrected chi connectivity index (χ0v) is 11.7. The van der Waals surface area contributed by atoms with Crippen molar-refractivity contribution in [1.82, 2.24) is 5.32 Å². The van der Waals surface area contributed by atoms with E-state index in [0.29, 0.717) is 5.92 Å². The molecule has 1 fully saturated rings. The Morgan fingerprint density at radius 3 is 2.63 bits per heavy atom. The van der Waals surface area contributed by atoms with E-state index in [1.165, 1.54) is 5.56 Å². The number of aliphatic hydroxyl groups excluding tert-OH is 1. The lowest BCUT2D eigenvalue weighted by Crippen LogP contribution is -2.21. The molecule has 0 saturated heterocycles. The van der Waals surface area contributed by atoms with Crippen LogP contribution in [0.2, 0.25) is 0 Å². The van der Waals surface area contributed by atoms with Crippen LogP contribution in [-0.4, -0.2) is 32.0 Å². The van der Waals surface area contributed by atoms with Crippen LogP contribution in [0.3, 0.4) is 0 Å². The van der Waals surface area contributed by atoms with Gasteiger partial charge in [0.15, 0.2) is 11.5 Å². The SMILES string of the molecule is COc1ccc(CNCC2CCC(O)C2)cc1OC. The number of ether oxygens (including phenoxy) is 2. The molecule has 1 aromatic carbocycles. The van der Waals surface area contributed by atoms with Gasteiger partial charge in [-0.15, -0.1) is 0 Å². The quantitative estimate of drug-likeness (QED) is 0.825. The Bertz CT molecular complexity index is 408. The second-order valence-electron chi connectivity index (χ2n) is 5.15. The molecule has 2 unspecified atom stereocenters. The number of methoxy groups -OCH3 is 2. The molecular formula is C15H23NO3. The summed E-state index contributed by atoms with van der Waals surface area (Å²) in [6.07, 6.45) is 2.91. The Kier molecular flexibility index (Phi) is 5.05. The minimum Gasteiger partial charge on any atom is -0.493 e. The van der Waals surface area contributed by atoms with Crippen molar-refractivity contribution in [3.8, 4) is 11.5 Å². The summed E-state index contributed by atoms with van der Waals surface area (Å²) in [4.78, 5) is 0. The minimum absolute atomic E-state index is 0.0899. The third kappa shape index (κ3) is 3.85. The molecule has 1 aromatic rings. The zero-order chi connectivity index (χ0) is 13.7. The highest BCUT2D eigenvalue weighted by Gasteiger charge is 2.21. The average Bonchev–Trinajstić information content (AvgIpc) is 2.84. The number of nitrogens with one attached hydrogen (secondary N) is 1. The predicted molar refractivity (Wildman–Crippen MR) is 74.6 cm³/mol. The van der Waals surface area contributed by atoms with Crippen molar-refractivity contribution in [3.05, 3.63) is 23.8 Å². The molecule has 1 aliphatic carbocycles. The van der Waals surface area contributed by atoms with Crippen LogP contribution in [0.1, 0.15) is 24.8 Å². The third-order valence-corrected chi connectivity index (χ3v) is 3.72. The second kappa shape index (κ2) is 6.78. The first-order valence-electron chi connectivity index (χ1n) is 6.82. The molecule has 2 rings (SSSR count). The van der Waals surface area contributed by atoms with Crippen LogP contribution in [0.4, 0.5) is 0 Å². The van der Waals surface area contributed by atoms with E-state index in [-0.39, 0.29) is 6.10 Å². The van der Waals surface area contributed by atoms with Gasteiger partial charge in [-0.1, -0.05) is 6.07 Å². The molecule has 2 N–H and O–H groups in total. The molecule has 1 aliphatic rings. The summed E-state index contributed by atoms with van der Waals surface area (Å²) in [5.74, 6) is 2.12. The van der Waals surface area contributed by atoms with E-state index < -0.39 is 0 Å². The van der Waals surface area contributed by atoms with Crippen LogP contribution in [0.5, 0.6) is 11.5 Å². The number of hydrogen-bond acceptors (Lipinski definition) is 4. The summed E-state index contributed by atoms with van der Waals surface area (Å²) in [7, 11) is 3.29. The van der Waals surface area contributed by atoms with Crippen molar-refractivity contribution in [2.75, 3.05) is 20.8 Å². The van der Waals surface area contributed by atoms with Crippen LogP contribution < -0.4 is 14.8 Å². The maximum Gasteiger partial charge on any atom is 0.161 e. The molecular weight excluding hydrogens is 242 g/mol. The highest BCUT2D eigenvalue weighted by molar-refractivity contribution is 5.42. The van der Waals surface area contributed by atoms with Crippen LogP contribution >= 0.6 is 0 Å². The summed E-state index contributed by atoms with van der Waals surface area (Å²) in [6.45, 7) is 1.78. The molecule has 4 heteroatoms. The van der Waals surface area contributed by atoms with Gasteiger partial charge in [0.25, 0.3) is 0 Å². The van der Waals surface area contributed by atoms with E-state index in [2.05, 4.69) is 5.32 Å². The van der Waals surface area contributed by atoms with E-state index in [0.717, 1.165) is 43.9 Å². The first-order valence-corrected chi connectivity index (χ1v) is 6.82. The molecule has 0 spiro atoms. The van der Waals surface area contributed by atoms with Gasteiger partial charge in [-0.25, -0.2) is 0 Å². The Morgan fingerprint density at radius 1 is 1.21 bits per heavy atom. The summed E-state index contributed by atoms with van der Waals surface area (Å²) in [6, 6.07) is 5.96. The first-order chi connectivity index (χ1) is 9.22. The lowest BCUT2D eigenvalue weighted by molar-refractivity contribution is 0.177. The minimum atomic E-state index is -0.0899. The summed E-state index contributed by atoms with van der Waals surface area (Å²) < 4.78 is 10.5. The van der Waals surface area contributed by atoms with Crippen molar-refractivity contribution >= 4 is 0 Å². The fraction of sp³-hybridized carbons (Fsp3) is 0.600. The smallest absolute Gasteiger partial charge is 0.161 e. The van der Waals surface area contributed by atoms with Crippen molar-refractivity contribution in [1.29, 1.82) is 0 Å². The fourth-order valence-corrected chi connectivity index (χ4v) is 2.65. The number of benzene rings is 1. The molecule has 0 aromatic heterocycles. The monoisotopic (exact) mass is 265 g/mol. The van der Waals surface area contributed by atoms with Crippen molar-refractivity contribution in [2.45, 2.75) is 31.9 Å². The molecule has 0 amide bonds. The van der Waals surface area contributed by atoms with Gasteiger partial charge in [0, 0.05) is 6.54 Å². The van der Waals surface area contributed by atoms with Gasteiger partial charge in [0.1, 0.15) is 0 Å². The molecule has 106 valence electrons. The zero-order valence-electron chi connectivity index (χ0n) is 11.7. The largest absolute Gasteiger partial charge is 0.493 e. The topological polar surface area (TPSA) is 50.7 Å². The van der Waals surface area contributed by atoms with E-state index in [9.17, 15) is 5.11 Å². The van der Waals surface area contributed by atoms with Crippen molar-refractivity contribution < 1.29 is 14.6 Å². The molecule has 4 nitrogen and oxygen atoms in total. The molecule has 0 bridgehead atoms. The normalized spacial score (nSPS) is 22.5. The second-order valence-corrected chi connectivity index (χ2v) is 5.15. The number of aliphatic hydroxyl groups is 1.